The highest BCUT2D eigenvalue weighted by molar-refractivity contribution is 6.98. The summed E-state index contributed by atoms with van der Waals surface area (Å²) in [4.78, 5) is 0. The highest BCUT2D eigenvalue weighted by Gasteiger charge is 2.43. The van der Waals surface area contributed by atoms with Crippen molar-refractivity contribution in [2.45, 2.75) is 6.42 Å². The summed E-state index contributed by atoms with van der Waals surface area (Å²) in [7, 11) is 0. The first kappa shape index (κ1) is 25.8. The number of hydrogen-bond donors (Lipinski definition) is 0. The molecule has 222 valence electrons. The molecule has 0 spiro atoms. The first-order valence-electron chi connectivity index (χ1n) is 16.4. The summed E-state index contributed by atoms with van der Waals surface area (Å²) in [5, 5.41) is 3.59. The number of hydrogen-bond acceptors (Lipinski definition) is 2. The molecule has 6 aromatic carbocycles. The number of nitrogens with zero attached hydrogens (tertiary/aromatic N) is 2. The van der Waals surface area contributed by atoms with Gasteiger partial charge < -0.3 is 18.6 Å². The van der Waals surface area contributed by atoms with Crippen LogP contribution >= 0.6 is 0 Å². The quantitative estimate of drug-likeness (QED) is 0.146. The second-order valence-electron chi connectivity index (χ2n) is 12.6. The average molecular weight is 612 g/mol. The van der Waals surface area contributed by atoms with Crippen molar-refractivity contribution in [1.29, 1.82) is 0 Å². The van der Waals surface area contributed by atoms with Crippen molar-refractivity contribution < 1.29 is 9.47 Å². The van der Waals surface area contributed by atoms with Gasteiger partial charge in [0, 0.05) is 32.9 Å². The molecule has 0 fully saturated rings. The SMILES string of the molecule is C1#CCc2c(c3ccccc3n2-c2cc(-n3c4ccccc4c4ccccc43)c3c4c2Oc2ccccc2B4c2ccccc2O3)C=C1. The predicted molar refractivity (Wildman–Crippen MR) is 196 cm³/mol. The molecule has 48 heavy (non-hydrogen) atoms. The third-order valence-electron chi connectivity index (χ3n) is 10.2. The fourth-order valence-electron chi connectivity index (χ4n) is 8.22. The molecule has 4 nitrogen and oxygen atoms in total. The van der Waals surface area contributed by atoms with Crippen molar-refractivity contribution in [3.05, 3.63) is 145 Å². The topological polar surface area (TPSA) is 28.3 Å². The third-order valence-corrected chi connectivity index (χ3v) is 10.2. The van der Waals surface area contributed by atoms with Crippen molar-refractivity contribution >= 4 is 61.9 Å². The van der Waals surface area contributed by atoms with E-state index in [0.29, 0.717) is 6.42 Å². The Morgan fingerprint density at radius 2 is 1.08 bits per heavy atom. The van der Waals surface area contributed by atoms with Crippen molar-refractivity contribution in [2.24, 2.45) is 0 Å². The summed E-state index contributed by atoms with van der Waals surface area (Å²) in [6.07, 6.45) is 4.75. The average Bonchev–Trinajstić information content (AvgIpc) is 3.51. The van der Waals surface area contributed by atoms with Crippen LogP contribution in [0.3, 0.4) is 0 Å². The first-order valence-corrected chi connectivity index (χ1v) is 16.4. The smallest absolute Gasteiger partial charge is 0.260 e. The Morgan fingerprint density at radius 1 is 0.562 bits per heavy atom. The molecule has 0 atom stereocenters. The van der Waals surface area contributed by atoms with Gasteiger partial charge in [-0.1, -0.05) is 103 Å². The van der Waals surface area contributed by atoms with Crippen molar-refractivity contribution in [2.75, 3.05) is 0 Å². The van der Waals surface area contributed by atoms with E-state index in [-0.39, 0.29) is 6.71 Å². The van der Waals surface area contributed by atoms with Crippen molar-refractivity contribution in [1.82, 2.24) is 9.13 Å². The summed E-state index contributed by atoms with van der Waals surface area (Å²) in [5.41, 5.74) is 11.0. The molecule has 0 N–H and O–H groups in total. The van der Waals surface area contributed by atoms with Crippen LogP contribution in [-0.2, 0) is 6.42 Å². The van der Waals surface area contributed by atoms with Crippen molar-refractivity contribution in [3.63, 3.8) is 0 Å². The van der Waals surface area contributed by atoms with Crippen LogP contribution in [0.1, 0.15) is 11.3 Å². The Balaban J connectivity index is 1.34. The molecule has 1 aliphatic carbocycles. The number of rotatable bonds is 2. The molecule has 2 aliphatic heterocycles. The molecule has 8 aromatic rings. The zero-order chi connectivity index (χ0) is 31.3. The number of para-hydroxylation sites is 5. The lowest BCUT2D eigenvalue weighted by molar-refractivity contribution is 0.461. The minimum Gasteiger partial charge on any atom is -0.456 e. The van der Waals surface area contributed by atoms with E-state index in [2.05, 4.69) is 154 Å². The number of aromatic nitrogens is 2. The van der Waals surface area contributed by atoms with E-state index in [9.17, 15) is 0 Å². The van der Waals surface area contributed by atoms with Gasteiger partial charge in [0.15, 0.2) is 11.5 Å². The molecule has 0 bridgehead atoms. The highest BCUT2D eigenvalue weighted by atomic mass is 16.5. The van der Waals surface area contributed by atoms with Gasteiger partial charge in [-0.25, -0.2) is 0 Å². The minimum atomic E-state index is -0.0724. The van der Waals surface area contributed by atoms with Crippen LogP contribution in [-0.4, -0.2) is 15.8 Å². The molecule has 0 saturated heterocycles. The maximum Gasteiger partial charge on any atom is 0.260 e. The lowest BCUT2D eigenvalue weighted by Gasteiger charge is -2.35. The van der Waals surface area contributed by atoms with Gasteiger partial charge in [-0.05, 0) is 59.5 Å². The molecule has 0 unspecified atom stereocenters. The van der Waals surface area contributed by atoms with E-state index in [1.165, 1.54) is 21.7 Å². The third kappa shape index (κ3) is 3.36. The number of fused-ring (bicyclic) bond motifs is 10. The van der Waals surface area contributed by atoms with Crippen LogP contribution in [0.15, 0.2) is 133 Å². The lowest BCUT2D eigenvalue weighted by atomic mass is 9.34. The van der Waals surface area contributed by atoms with E-state index in [4.69, 9.17) is 9.47 Å². The maximum atomic E-state index is 7.05. The Kier molecular flexibility index (Phi) is 5.14. The Hall–Kier alpha value is -6.38. The van der Waals surface area contributed by atoms with Gasteiger partial charge in [-0.15, -0.1) is 0 Å². The van der Waals surface area contributed by atoms with Gasteiger partial charge >= 0.3 is 0 Å². The largest absolute Gasteiger partial charge is 0.456 e. The summed E-state index contributed by atoms with van der Waals surface area (Å²) >= 11 is 0. The Labute approximate surface area is 277 Å². The van der Waals surface area contributed by atoms with Crippen LogP contribution in [0, 0.1) is 11.8 Å². The van der Waals surface area contributed by atoms with E-state index >= 15 is 0 Å². The minimum absolute atomic E-state index is 0.0724. The number of ether oxygens (including phenoxy) is 2. The van der Waals surface area contributed by atoms with Gasteiger partial charge in [0.1, 0.15) is 11.5 Å². The van der Waals surface area contributed by atoms with Crippen LogP contribution < -0.4 is 25.9 Å². The number of allylic oxidation sites excluding steroid dienone is 1. The zero-order valence-corrected chi connectivity index (χ0v) is 25.8. The van der Waals surface area contributed by atoms with Gasteiger partial charge in [0.2, 0.25) is 0 Å². The van der Waals surface area contributed by atoms with Crippen LogP contribution in [0.4, 0.5) is 0 Å². The molecule has 3 aliphatic rings. The molecule has 2 aromatic heterocycles. The van der Waals surface area contributed by atoms with E-state index in [1.54, 1.807) is 0 Å². The summed E-state index contributed by atoms with van der Waals surface area (Å²) in [5.74, 6) is 9.98. The van der Waals surface area contributed by atoms with Crippen LogP contribution in [0.25, 0.3) is 50.2 Å². The monoisotopic (exact) mass is 612 g/mol. The summed E-state index contributed by atoms with van der Waals surface area (Å²) in [6, 6.07) is 45.1. The van der Waals surface area contributed by atoms with Gasteiger partial charge in [0.05, 0.1) is 34.3 Å². The van der Waals surface area contributed by atoms with E-state index < -0.39 is 0 Å². The fraction of sp³-hybridized carbons (Fsp3) is 0.0233. The van der Waals surface area contributed by atoms with Gasteiger partial charge in [0.25, 0.3) is 6.71 Å². The molecule has 4 heterocycles. The maximum absolute atomic E-state index is 7.05. The molecule has 11 rings (SSSR count). The second-order valence-corrected chi connectivity index (χ2v) is 12.6. The van der Waals surface area contributed by atoms with E-state index in [1.807, 2.05) is 6.08 Å². The van der Waals surface area contributed by atoms with Gasteiger partial charge in [-0.3, -0.25) is 0 Å². The van der Waals surface area contributed by atoms with Crippen molar-refractivity contribution in [3.8, 4) is 46.2 Å². The van der Waals surface area contributed by atoms with Gasteiger partial charge in [-0.2, -0.15) is 0 Å². The second kappa shape index (κ2) is 9.57. The first-order chi connectivity index (χ1) is 23.8. The zero-order valence-electron chi connectivity index (χ0n) is 25.8. The molecular formula is C43H25BN2O2. The van der Waals surface area contributed by atoms with Crippen LogP contribution in [0.2, 0.25) is 0 Å². The molecule has 0 amide bonds. The Morgan fingerprint density at radius 3 is 1.73 bits per heavy atom. The lowest BCUT2D eigenvalue weighted by Crippen LogP contribution is -2.57. The molecule has 0 saturated carbocycles. The molecule has 0 radical (unpaired) electrons. The molecule has 5 heteroatoms. The normalized spacial score (nSPS) is 13.5. The summed E-state index contributed by atoms with van der Waals surface area (Å²) < 4.78 is 18.8. The standard InChI is InChI=1S/C43H25BN2O2/c1-2-14-27-28-15-4-9-21-34(28)45(33(27)20-3-1)37-26-38(46-35-22-10-5-16-29(35)30-17-6-11-23-36(30)46)43-41-42(37)47-39-24-12-7-18-31(39)44(41)32-19-8-13-25-40(32)48-43/h2,4-19,21-26H,20H2. The summed E-state index contributed by atoms with van der Waals surface area (Å²) in [6.45, 7) is -0.0724. The highest BCUT2D eigenvalue weighted by Crippen LogP contribution is 2.46. The fourth-order valence-corrected chi connectivity index (χ4v) is 8.22. The van der Waals surface area contributed by atoms with E-state index in [0.717, 1.165) is 73.0 Å². The molecular weight excluding hydrogens is 587 g/mol. The predicted octanol–water partition coefficient (Wildman–Crippen LogP) is 8.03. The van der Waals surface area contributed by atoms with Crippen LogP contribution in [0.5, 0.6) is 23.0 Å². The number of benzene rings is 6. The Bertz CT molecular complexity index is 2730.